The molecule has 10 rings (SSSR count). The fraction of sp³-hybridized carbons (Fsp3) is 0.0476. The summed E-state index contributed by atoms with van der Waals surface area (Å²) in [5.41, 5.74) is 10.7. The van der Waals surface area contributed by atoms with Crippen molar-refractivity contribution in [2.45, 2.75) is 12.8 Å². The Morgan fingerprint density at radius 2 is 1.29 bits per heavy atom. The number of nitrogens with zero attached hydrogens (tertiary/aromatic N) is 1. The van der Waals surface area contributed by atoms with Gasteiger partial charge in [0.25, 0.3) is 0 Å². The molecule has 0 amide bonds. The summed E-state index contributed by atoms with van der Waals surface area (Å²) in [4.78, 5) is 0. The largest absolute Gasteiger partial charge is 0.454 e. The Hall–Kier alpha value is -5.38. The lowest BCUT2D eigenvalue weighted by molar-refractivity contribution is 0.564. The first-order valence-corrected chi connectivity index (χ1v) is 16.4. The highest BCUT2D eigenvalue weighted by molar-refractivity contribution is 7.27. The summed E-state index contributed by atoms with van der Waals surface area (Å²) < 4.78 is 11.7. The number of rotatable bonds is 3. The summed E-state index contributed by atoms with van der Waals surface area (Å²) in [6.45, 7) is 0. The van der Waals surface area contributed by atoms with Crippen molar-refractivity contribution in [2.75, 3.05) is 0 Å². The second-order valence-electron chi connectivity index (χ2n) is 12.0. The van der Waals surface area contributed by atoms with Crippen LogP contribution in [0.2, 0.25) is 0 Å². The zero-order valence-corrected chi connectivity index (χ0v) is 25.3. The summed E-state index contributed by atoms with van der Waals surface area (Å²) >= 11 is 1.93. The maximum absolute atomic E-state index is 6.58. The summed E-state index contributed by atoms with van der Waals surface area (Å²) in [7, 11) is 0. The molecule has 3 heterocycles. The molecule has 1 aliphatic carbocycles. The molecule has 0 bridgehead atoms. The van der Waals surface area contributed by atoms with Gasteiger partial charge in [-0.25, -0.2) is 0 Å². The molecular formula is C42H27NOS. The van der Waals surface area contributed by atoms with Crippen molar-refractivity contribution in [3.63, 3.8) is 0 Å². The molecule has 0 N–H and O–H groups in total. The minimum atomic E-state index is 0.937. The van der Waals surface area contributed by atoms with E-state index in [1.807, 2.05) is 11.3 Å². The van der Waals surface area contributed by atoms with Gasteiger partial charge in [-0.15, -0.1) is 11.3 Å². The number of fused-ring (bicyclic) bond motifs is 10. The number of furan rings is 1. The molecule has 0 saturated heterocycles. The molecule has 2 nitrogen and oxygen atoms in total. The number of benzene rings is 6. The average Bonchev–Trinajstić information content (AvgIpc) is 3.78. The number of para-hydroxylation sites is 2. The van der Waals surface area contributed by atoms with E-state index in [2.05, 4.69) is 144 Å². The normalized spacial score (nSPS) is 13.3. The topological polar surface area (TPSA) is 18.1 Å². The third-order valence-corrected chi connectivity index (χ3v) is 10.7. The van der Waals surface area contributed by atoms with Crippen LogP contribution in [0.4, 0.5) is 0 Å². The number of aromatic nitrogens is 1. The van der Waals surface area contributed by atoms with E-state index in [1.54, 1.807) is 0 Å². The first kappa shape index (κ1) is 25.0. The molecule has 0 radical (unpaired) electrons. The van der Waals surface area contributed by atoms with Crippen LogP contribution in [0.3, 0.4) is 0 Å². The molecule has 6 aromatic carbocycles. The number of hydrogen-bond acceptors (Lipinski definition) is 2. The zero-order valence-electron chi connectivity index (χ0n) is 24.5. The van der Waals surface area contributed by atoms with Gasteiger partial charge in [0.2, 0.25) is 0 Å². The Balaban J connectivity index is 1.27. The van der Waals surface area contributed by atoms with Crippen molar-refractivity contribution in [3.05, 3.63) is 144 Å². The molecule has 0 aliphatic heterocycles. The lowest BCUT2D eigenvalue weighted by atomic mass is 9.98. The van der Waals surface area contributed by atoms with Crippen LogP contribution in [0.15, 0.2) is 138 Å². The fourth-order valence-electron chi connectivity index (χ4n) is 7.49. The summed E-state index contributed by atoms with van der Waals surface area (Å²) in [6, 6.07) is 48.4. The first-order chi connectivity index (χ1) is 22.3. The van der Waals surface area contributed by atoms with Gasteiger partial charge in [-0.05, 0) is 59.4 Å². The Labute approximate surface area is 263 Å². The van der Waals surface area contributed by atoms with Crippen LogP contribution in [0.25, 0.3) is 87.0 Å². The zero-order chi connectivity index (χ0) is 29.5. The maximum Gasteiger partial charge on any atom is 0.154 e. The van der Waals surface area contributed by atoms with E-state index in [1.165, 1.54) is 80.5 Å². The molecule has 0 spiro atoms. The van der Waals surface area contributed by atoms with Gasteiger partial charge in [0.05, 0.1) is 16.7 Å². The summed E-state index contributed by atoms with van der Waals surface area (Å²) in [5, 5.41) is 7.67. The van der Waals surface area contributed by atoms with Crippen LogP contribution >= 0.6 is 11.3 Å². The third-order valence-electron chi connectivity index (χ3n) is 9.48. The van der Waals surface area contributed by atoms with Gasteiger partial charge in [-0.1, -0.05) is 115 Å². The Bertz CT molecular complexity index is 2760. The van der Waals surface area contributed by atoms with Gasteiger partial charge in [-0.3, -0.25) is 0 Å². The maximum atomic E-state index is 6.58. The van der Waals surface area contributed by atoms with Crippen molar-refractivity contribution >= 4 is 76.1 Å². The van der Waals surface area contributed by atoms with Crippen LogP contribution in [0.5, 0.6) is 0 Å². The molecule has 0 saturated carbocycles. The molecule has 3 heteroatoms. The Kier molecular flexibility index (Phi) is 5.31. The van der Waals surface area contributed by atoms with E-state index in [-0.39, 0.29) is 0 Å². The quantitative estimate of drug-likeness (QED) is 0.199. The Morgan fingerprint density at radius 3 is 2.22 bits per heavy atom. The molecule has 0 fully saturated rings. The highest BCUT2D eigenvalue weighted by Gasteiger charge is 2.22. The van der Waals surface area contributed by atoms with Crippen molar-refractivity contribution < 1.29 is 4.42 Å². The molecule has 0 atom stereocenters. The van der Waals surface area contributed by atoms with E-state index in [0.29, 0.717) is 0 Å². The summed E-state index contributed by atoms with van der Waals surface area (Å²) in [5.74, 6) is 0. The van der Waals surface area contributed by atoms with E-state index in [9.17, 15) is 0 Å². The second-order valence-corrected chi connectivity index (χ2v) is 13.0. The van der Waals surface area contributed by atoms with E-state index in [0.717, 1.165) is 23.8 Å². The number of thiophene rings is 1. The molecular weight excluding hydrogens is 567 g/mol. The predicted molar refractivity (Wildman–Crippen MR) is 191 cm³/mol. The van der Waals surface area contributed by atoms with Crippen molar-refractivity contribution in [3.8, 4) is 22.3 Å². The predicted octanol–water partition coefficient (Wildman–Crippen LogP) is 10.5. The fourth-order valence-corrected chi connectivity index (χ4v) is 8.88. The number of hydrogen-bond donors (Lipinski definition) is 0. The minimum Gasteiger partial charge on any atom is -0.454 e. The minimum absolute atomic E-state index is 0.937. The lowest BCUT2D eigenvalue weighted by Crippen LogP contribution is -2.28. The van der Waals surface area contributed by atoms with E-state index >= 15 is 0 Å². The molecule has 212 valence electrons. The van der Waals surface area contributed by atoms with Crippen molar-refractivity contribution in [2.24, 2.45) is 0 Å². The van der Waals surface area contributed by atoms with Crippen LogP contribution in [-0.2, 0) is 0 Å². The van der Waals surface area contributed by atoms with Crippen LogP contribution in [-0.4, -0.2) is 4.57 Å². The van der Waals surface area contributed by atoms with Gasteiger partial charge in [0.1, 0.15) is 5.58 Å². The molecule has 45 heavy (non-hydrogen) atoms. The molecule has 9 aromatic rings. The first-order valence-electron chi connectivity index (χ1n) is 15.6. The second kappa shape index (κ2) is 9.56. The third kappa shape index (κ3) is 3.62. The van der Waals surface area contributed by atoms with Gasteiger partial charge in [-0.2, -0.15) is 0 Å². The lowest BCUT2D eigenvalue weighted by Gasteiger charge is -2.13. The standard InChI is InChI=1S/C42H27NOS/c1-2-11-26(12-3-1)27-13-8-14-28(25-27)29-17-9-19-32-33-23-24-36-39(42(33)45-41(29)32)34-16-4-6-20-35(34)43(36)37-21-10-18-31-30-15-5-7-22-38(30)44-40(31)37/h1-9,11-20,22-25H,10,21H2. The average molecular weight is 594 g/mol. The monoisotopic (exact) mass is 593 g/mol. The van der Waals surface area contributed by atoms with Crippen LogP contribution in [0.1, 0.15) is 12.8 Å². The van der Waals surface area contributed by atoms with Gasteiger partial charge in [0.15, 0.2) is 5.42 Å². The SMILES string of the molecule is C1=c2c(oc3ccccc23)=C(n2c3ccccc3c3c4sc5c(-c6cccc(-c7ccccc7)c6)cccc5c4ccc32)CC1. The van der Waals surface area contributed by atoms with Crippen molar-refractivity contribution in [1.82, 2.24) is 4.57 Å². The van der Waals surface area contributed by atoms with Crippen LogP contribution in [0, 0.1) is 0 Å². The highest BCUT2D eigenvalue weighted by Crippen LogP contribution is 2.46. The van der Waals surface area contributed by atoms with Gasteiger partial charge < -0.3 is 8.98 Å². The molecule has 0 unspecified atom stereocenters. The molecule has 3 aromatic heterocycles. The van der Waals surface area contributed by atoms with Gasteiger partial charge >= 0.3 is 0 Å². The smallest absolute Gasteiger partial charge is 0.154 e. The Morgan fingerprint density at radius 1 is 0.556 bits per heavy atom. The van der Waals surface area contributed by atoms with Crippen LogP contribution < -0.4 is 10.6 Å². The van der Waals surface area contributed by atoms with Gasteiger partial charge in [0, 0.05) is 41.5 Å². The van der Waals surface area contributed by atoms with Crippen molar-refractivity contribution in [1.29, 1.82) is 0 Å². The highest BCUT2D eigenvalue weighted by atomic mass is 32.1. The van der Waals surface area contributed by atoms with E-state index < -0.39 is 0 Å². The summed E-state index contributed by atoms with van der Waals surface area (Å²) in [6.07, 6.45) is 4.28. The molecule has 1 aliphatic rings. The van der Waals surface area contributed by atoms with E-state index in [4.69, 9.17) is 4.42 Å².